The van der Waals surface area contributed by atoms with E-state index in [1.165, 1.54) is 0 Å². The molecule has 2 aliphatic rings. The zero-order valence-corrected chi connectivity index (χ0v) is 14.2. The zero-order chi connectivity index (χ0) is 17.1. The third-order valence-electron chi connectivity index (χ3n) is 5.07. The van der Waals surface area contributed by atoms with Crippen LogP contribution in [-0.4, -0.2) is 49.3 Å². The first-order valence-corrected chi connectivity index (χ1v) is 8.95. The van der Waals surface area contributed by atoms with Gasteiger partial charge in [0.2, 0.25) is 5.91 Å². The van der Waals surface area contributed by atoms with Crippen molar-refractivity contribution in [2.75, 3.05) is 26.3 Å². The fraction of sp³-hybridized carbons (Fsp3) is 0.381. The van der Waals surface area contributed by atoms with Gasteiger partial charge in [-0.2, -0.15) is 0 Å². The third-order valence-corrected chi connectivity index (χ3v) is 5.07. The monoisotopic (exact) mass is 337 g/mol. The average Bonchev–Trinajstić information content (AvgIpc) is 2.69. The van der Waals surface area contributed by atoms with Crippen molar-refractivity contribution in [3.63, 3.8) is 0 Å². The summed E-state index contributed by atoms with van der Waals surface area (Å²) in [7, 11) is 0. The topological polar surface area (TPSA) is 38.8 Å². The number of nitrogens with zero attached hydrogens (tertiary/aromatic N) is 1. The van der Waals surface area contributed by atoms with Gasteiger partial charge in [-0.1, -0.05) is 60.7 Å². The summed E-state index contributed by atoms with van der Waals surface area (Å²) >= 11 is 0. The molecule has 2 atom stereocenters. The first kappa shape index (κ1) is 16.3. The Kier molecular flexibility index (Phi) is 4.81. The van der Waals surface area contributed by atoms with E-state index in [4.69, 9.17) is 9.47 Å². The molecular weight excluding hydrogens is 314 g/mol. The van der Waals surface area contributed by atoms with Gasteiger partial charge in [-0.15, -0.1) is 0 Å². The van der Waals surface area contributed by atoms with E-state index in [-0.39, 0.29) is 24.0 Å². The highest BCUT2D eigenvalue weighted by atomic mass is 16.6. The molecule has 2 aromatic carbocycles. The van der Waals surface area contributed by atoms with Crippen LogP contribution in [0.1, 0.15) is 23.5 Å². The first-order chi connectivity index (χ1) is 12.3. The summed E-state index contributed by atoms with van der Waals surface area (Å²) < 4.78 is 11.6. The molecule has 4 heteroatoms. The number of benzene rings is 2. The van der Waals surface area contributed by atoms with E-state index in [0.717, 1.165) is 24.1 Å². The van der Waals surface area contributed by atoms with Crippen molar-refractivity contribution in [2.45, 2.75) is 24.5 Å². The van der Waals surface area contributed by atoms with Crippen molar-refractivity contribution >= 4 is 5.91 Å². The zero-order valence-electron chi connectivity index (χ0n) is 14.2. The predicted octanol–water partition coefficient (Wildman–Crippen LogP) is 2.83. The molecule has 0 spiro atoms. The maximum atomic E-state index is 13.4. The summed E-state index contributed by atoms with van der Waals surface area (Å²) in [4.78, 5) is 15.3. The Bertz CT molecular complexity index is 664. The van der Waals surface area contributed by atoms with E-state index in [0.29, 0.717) is 19.8 Å². The SMILES string of the molecule is O=C(C(c1ccccc1)c1ccccc1)N1CCC2OCCOC2C1. The van der Waals surface area contributed by atoms with Gasteiger partial charge >= 0.3 is 0 Å². The Hall–Kier alpha value is -2.17. The second-order valence-corrected chi connectivity index (χ2v) is 6.65. The van der Waals surface area contributed by atoms with Crippen molar-refractivity contribution in [3.8, 4) is 0 Å². The minimum absolute atomic E-state index is 0.00125. The molecule has 0 N–H and O–H groups in total. The smallest absolute Gasteiger partial charge is 0.234 e. The summed E-state index contributed by atoms with van der Waals surface area (Å²) in [5, 5.41) is 0. The molecule has 4 rings (SSSR count). The number of carbonyl (C=O) groups is 1. The summed E-state index contributed by atoms with van der Waals surface area (Å²) in [6.07, 6.45) is 0.968. The number of piperidine rings is 1. The van der Waals surface area contributed by atoms with Gasteiger partial charge in [-0.05, 0) is 17.5 Å². The van der Waals surface area contributed by atoms with Crippen molar-refractivity contribution < 1.29 is 14.3 Å². The number of rotatable bonds is 3. The van der Waals surface area contributed by atoms with E-state index >= 15 is 0 Å². The third kappa shape index (κ3) is 3.46. The molecule has 2 fully saturated rings. The lowest BCUT2D eigenvalue weighted by atomic mass is 9.89. The molecule has 2 saturated heterocycles. The second-order valence-electron chi connectivity index (χ2n) is 6.65. The van der Waals surface area contributed by atoms with Crippen LogP contribution >= 0.6 is 0 Å². The number of ether oxygens (including phenoxy) is 2. The Morgan fingerprint density at radius 2 is 1.44 bits per heavy atom. The number of fused-ring (bicyclic) bond motifs is 1. The van der Waals surface area contributed by atoms with Crippen molar-refractivity contribution in [1.29, 1.82) is 0 Å². The van der Waals surface area contributed by atoms with Crippen LogP contribution in [-0.2, 0) is 14.3 Å². The van der Waals surface area contributed by atoms with Crippen LogP contribution in [0.5, 0.6) is 0 Å². The standard InChI is InChI=1S/C21H23NO3/c23-21(22-12-11-18-19(15-22)25-14-13-24-18)20(16-7-3-1-4-8-16)17-9-5-2-6-10-17/h1-10,18-20H,11-15H2. The molecule has 2 aliphatic heterocycles. The highest BCUT2D eigenvalue weighted by Crippen LogP contribution is 2.29. The maximum absolute atomic E-state index is 13.4. The van der Waals surface area contributed by atoms with Crippen LogP contribution in [0.2, 0.25) is 0 Å². The minimum atomic E-state index is -0.275. The average molecular weight is 337 g/mol. The van der Waals surface area contributed by atoms with E-state index < -0.39 is 0 Å². The summed E-state index contributed by atoms with van der Waals surface area (Å²) in [5.74, 6) is -0.131. The fourth-order valence-corrected chi connectivity index (χ4v) is 3.80. The van der Waals surface area contributed by atoms with Gasteiger partial charge in [0, 0.05) is 13.1 Å². The molecule has 4 nitrogen and oxygen atoms in total. The van der Waals surface area contributed by atoms with Gasteiger partial charge in [0.15, 0.2) is 0 Å². The Morgan fingerprint density at radius 3 is 2.04 bits per heavy atom. The molecule has 2 unspecified atom stereocenters. The number of amides is 1. The molecule has 25 heavy (non-hydrogen) atoms. The lowest BCUT2D eigenvalue weighted by Crippen LogP contribution is -2.54. The van der Waals surface area contributed by atoms with Crippen LogP contribution in [0.25, 0.3) is 0 Å². The Balaban J connectivity index is 1.60. The predicted molar refractivity (Wildman–Crippen MR) is 95.4 cm³/mol. The molecule has 0 aliphatic carbocycles. The maximum Gasteiger partial charge on any atom is 0.234 e. The molecule has 0 aromatic heterocycles. The quantitative estimate of drug-likeness (QED) is 0.864. The number of likely N-dealkylation sites (tertiary alicyclic amines) is 1. The molecule has 0 saturated carbocycles. The molecular formula is C21H23NO3. The molecule has 0 bridgehead atoms. The molecule has 130 valence electrons. The van der Waals surface area contributed by atoms with Crippen LogP contribution in [0.15, 0.2) is 60.7 Å². The van der Waals surface area contributed by atoms with Crippen LogP contribution in [0, 0.1) is 0 Å². The van der Waals surface area contributed by atoms with Gasteiger partial charge in [0.25, 0.3) is 0 Å². The lowest BCUT2D eigenvalue weighted by Gasteiger charge is -2.41. The largest absolute Gasteiger partial charge is 0.373 e. The minimum Gasteiger partial charge on any atom is -0.373 e. The van der Waals surface area contributed by atoms with Gasteiger partial charge in [0.1, 0.15) is 6.10 Å². The van der Waals surface area contributed by atoms with Crippen LogP contribution in [0.4, 0.5) is 0 Å². The van der Waals surface area contributed by atoms with Gasteiger partial charge < -0.3 is 14.4 Å². The molecule has 2 aromatic rings. The highest BCUT2D eigenvalue weighted by Gasteiger charge is 2.37. The fourth-order valence-electron chi connectivity index (χ4n) is 3.80. The summed E-state index contributed by atoms with van der Waals surface area (Å²) in [6, 6.07) is 20.0. The first-order valence-electron chi connectivity index (χ1n) is 8.95. The van der Waals surface area contributed by atoms with Crippen molar-refractivity contribution in [2.24, 2.45) is 0 Å². The van der Waals surface area contributed by atoms with E-state index in [1.54, 1.807) is 0 Å². The van der Waals surface area contributed by atoms with E-state index in [9.17, 15) is 4.79 Å². The second kappa shape index (κ2) is 7.38. The normalized spacial score (nSPS) is 23.3. The van der Waals surface area contributed by atoms with Gasteiger partial charge in [0.05, 0.1) is 25.2 Å². The number of hydrogen-bond acceptors (Lipinski definition) is 3. The number of carbonyl (C=O) groups excluding carboxylic acids is 1. The van der Waals surface area contributed by atoms with E-state index in [2.05, 4.69) is 0 Å². The molecule has 0 radical (unpaired) electrons. The van der Waals surface area contributed by atoms with E-state index in [1.807, 2.05) is 65.6 Å². The van der Waals surface area contributed by atoms with Crippen molar-refractivity contribution in [3.05, 3.63) is 71.8 Å². The Morgan fingerprint density at radius 1 is 0.880 bits per heavy atom. The molecule has 1 amide bonds. The highest BCUT2D eigenvalue weighted by molar-refractivity contribution is 5.87. The van der Waals surface area contributed by atoms with Gasteiger partial charge in [-0.3, -0.25) is 4.79 Å². The van der Waals surface area contributed by atoms with Crippen LogP contribution < -0.4 is 0 Å². The van der Waals surface area contributed by atoms with Crippen molar-refractivity contribution in [1.82, 2.24) is 4.90 Å². The summed E-state index contributed by atoms with van der Waals surface area (Å²) in [6.45, 7) is 2.61. The van der Waals surface area contributed by atoms with Gasteiger partial charge in [-0.25, -0.2) is 0 Å². The number of hydrogen-bond donors (Lipinski definition) is 0. The Labute approximate surface area is 148 Å². The summed E-state index contributed by atoms with van der Waals surface area (Å²) in [5.41, 5.74) is 2.06. The van der Waals surface area contributed by atoms with Crippen LogP contribution in [0.3, 0.4) is 0 Å². The molecule has 2 heterocycles. The lowest BCUT2D eigenvalue weighted by molar-refractivity contribution is -0.172.